The second kappa shape index (κ2) is 5.09. The van der Waals surface area contributed by atoms with Gasteiger partial charge in [0.15, 0.2) is 0 Å². The fraction of sp³-hybridized carbons (Fsp3) is 0.357. The smallest absolute Gasteiger partial charge is 0.150 e. The molecule has 0 amide bonds. The first kappa shape index (κ1) is 12.3. The van der Waals surface area contributed by atoms with E-state index < -0.39 is 11.6 Å². The zero-order valence-corrected chi connectivity index (χ0v) is 10.4. The highest BCUT2D eigenvalue weighted by Crippen LogP contribution is 2.27. The molecular weight excluding hydrogens is 250 g/mol. The number of halogens is 2. The summed E-state index contributed by atoms with van der Waals surface area (Å²) < 4.78 is 34.1. The Morgan fingerprint density at radius 2 is 2.16 bits per heavy atom. The summed E-state index contributed by atoms with van der Waals surface area (Å²) in [5.41, 5.74) is 0.785. The summed E-state index contributed by atoms with van der Waals surface area (Å²) in [6, 6.07) is 3.41. The van der Waals surface area contributed by atoms with Gasteiger partial charge in [-0.1, -0.05) is 0 Å². The molecule has 2 heterocycles. The van der Waals surface area contributed by atoms with E-state index in [2.05, 4.69) is 5.10 Å². The van der Waals surface area contributed by atoms with Crippen molar-refractivity contribution in [1.29, 1.82) is 0 Å². The molecule has 1 aromatic heterocycles. The molecule has 1 aromatic carbocycles. The highest BCUT2D eigenvalue weighted by Gasteiger charge is 2.17. The lowest BCUT2D eigenvalue weighted by Crippen LogP contribution is -2.18. The van der Waals surface area contributed by atoms with E-state index in [1.807, 2.05) is 0 Å². The molecule has 0 spiro atoms. The maximum absolute atomic E-state index is 13.7. The third-order valence-electron chi connectivity index (χ3n) is 3.29. The predicted octanol–water partition coefficient (Wildman–Crippen LogP) is 3.53. The third kappa shape index (κ3) is 2.51. The normalized spacial score (nSPS) is 19.6. The Hall–Kier alpha value is -1.75. The number of ether oxygens (including phenoxy) is 1. The maximum atomic E-state index is 13.7. The molecule has 0 saturated carbocycles. The van der Waals surface area contributed by atoms with Crippen LogP contribution in [0.25, 0.3) is 11.1 Å². The molecule has 1 fully saturated rings. The van der Waals surface area contributed by atoms with E-state index in [0.29, 0.717) is 12.2 Å². The Morgan fingerprint density at radius 3 is 2.95 bits per heavy atom. The number of hydrogen-bond donors (Lipinski definition) is 0. The SMILES string of the molecule is Fc1ccc(F)c(-c2cnn(C3CCCCO3)c2)c1. The van der Waals surface area contributed by atoms with Crippen molar-refractivity contribution in [2.45, 2.75) is 25.5 Å². The Labute approximate surface area is 109 Å². The topological polar surface area (TPSA) is 27.1 Å². The standard InChI is InChI=1S/C14H14F2N2O/c15-11-4-5-13(16)12(7-11)10-8-17-18(9-10)14-3-1-2-6-19-14/h4-5,7-9,14H,1-3,6H2. The Kier molecular flexibility index (Phi) is 3.29. The third-order valence-corrected chi connectivity index (χ3v) is 3.29. The predicted molar refractivity (Wildman–Crippen MR) is 66.4 cm³/mol. The average molecular weight is 264 g/mol. The molecule has 3 nitrogen and oxygen atoms in total. The summed E-state index contributed by atoms with van der Waals surface area (Å²) in [5.74, 6) is -0.913. The monoisotopic (exact) mass is 264 g/mol. The van der Waals surface area contributed by atoms with E-state index in [9.17, 15) is 8.78 Å². The lowest BCUT2D eigenvalue weighted by molar-refractivity contribution is -0.0394. The second-order valence-corrected chi connectivity index (χ2v) is 4.65. The Bertz CT molecular complexity index is 577. The van der Waals surface area contributed by atoms with E-state index in [1.165, 1.54) is 12.3 Å². The van der Waals surface area contributed by atoms with E-state index in [0.717, 1.165) is 31.4 Å². The van der Waals surface area contributed by atoms with Gasteiger partial charge in [0.1, 0.15) is 17.9 Å². The quantitative estimate of drug-likeness (QED) is 0.829. The summed E-state index contributed by atoms with van der Waals surface area (Å²) in [7, 11) is 0. The van der Waals surface area contributed by atoms with Crippen molar-refractivity contribution in [2.75, 3.05) is 6.61 Å². The minimum atomic E-state index is -0.460. The van der Waals surface area contributed by atoms with Gasteiger partial charge < -0.3 is 4.74 Å². The number of benzene rings is 1. The lowest BCUT2D eigenvalue weighted by atomic mass is 10.1. The summed E-state index contributed by atoms with van der Waals surface area (Å²) in [6.07, 6.45) is 6.19. The van der Waals surface area contributed by atoms with Gasteiger partial charge in [0.25, 0.3) is 0 Å². The summed E-state index contributed by atoms with van der Waals surface area (Å²) >= 11 is 0. The number of nitrogens with zero attached hydrogens (tertiary/aromatic N) is 2. The van der Waals surface area contributed by atoms with Crippen LogP contribution in [0, 0.1) is 11.6 Å². The van der Waals surface area contributed by atoms with Crippen molar-refractivity contribution in [3.63, 3.8) is 0 Å². The molecule has 0 bridgehead atoms. The van der Waals surface area contributed by atoms with E-state index in [1.54, 1.807) is 10.9 Å². The molecule has 1 aliphatic rings. The second-order valence-electron chi connectivity index (χ2n) is 4.65. The number of rotatable bonds is 2. The van der Waals surface area contributed by atoms with Crippen LogP contribution in [-0.2, 0) is 4.74 Å². The molecule has 19 heavy (non-hydrogen) atoms. The lowest BCUT2D eigenvalue weighted by Gasteiger charge is -2.22. The zero-order valence-electron chi connectivity index (χ0n) is 10.4. The van der Waals surface area contributed by atoms with Crippen molar-refractivity contribution in [3.8, 4) is 11.1 Å². The molecule has 2 aromatic rings. The summed E-state index contributed by atoms with van der Waals surface area (Å²) in [4.78, 5) is 0. The van der Waals surface area contributed by atoms with Crippen molar-refractivity contribution in [2.24, 2.45) is 0 Å². The van der Waals surface area contributed by atoms with Crippen LogP contribution < -0.4 is 0 Å². The van der Waals surface area contributed by atoms with Gasteiger partial charge in [-0.05, 0) is 37.5 Å². The van der Waals surface area contributed by atoms with E-state index in [4.69, 9.17) is 4.74 Å². The largest absolute Gasteiger partial charge is 0.357 e. The van der Waals surface area contributed by atoms with Crippen molar-refractivity contribution in [1.82, 2.24) is 9.78 Å². The Balaban J connectivity index is 1.89. The van der Waals surface area contributed by atoms with Crippen LogP contribution in [0.15, 0.2) is 30.6 Å². The summed E-state index contributed by atoms with van der Waals surface area (Å²) in [6.45, 7) is 0.716. The molecule has 3 rings (SSSR count). The first-order chi connectivity index (χ1) is 9.24. The Morgan fingerprint density at radius 1 is 1.26 bits per heavy atom. The molecule has 0 N–H and O–H groups in total. The van der Waals surface area contributed by atoms with Gasteiger partial charge in [-0.3, -0.25) is 0 Å². The molecule has 0 radical (unpaired) electrons. The van der Waals surface area contributed by atoms with Gasteiger partial charge in [0, 0.05) is 23.9 Å². The molecule has 1 atom stereocenters. The zero-order chi connectivity index (χ0) is 13.2. The molecule has 1 aliphatic heterocycles. The minimum Gasteiger partial charge on any atom is -0.357 e. The van der Waals surface area contributed by atoms with Gasteiger partial charge >= 0.3 is 0 Å². The van der Waals surface area contributed by atoms with Crippen LogP contribution in [0.3, 0.4) is 0 Å². The van der Waals surface area contributed by atoms with E-state index in [-0.39, 0.29) is 11.8 Å². The van der Waals surface area contributed by atoms with Crippen LogP contribution in [-0.4, -0.2) is 16.4 Å². The molecule has 1 saturated heterocycles. The first-order valence-corrected chi connectivity index (χ1v) is 6.35. The van der Waals surface area contributed by atoms with Crippen molar-refractivity contribution in [3.05, 3.63) is 42.2 Å². The molecular formula is C14H14F2N2O. The van der Waals surface area contributed by atoms with E-state index >= 15 is 0 Å². The van der Waals surface area contributed by atoms with Crippen molar-refractivity contribution < 1.29 is 13.5 Å². The van der Waals surface area contributed by atoms with Crippen LogP contribution >= 0.6 is 0 Å². The van der Waals surface area contributed by atoms with Gasteiger partial charge in [0.05, 0.1) is 6.20 Å². The first-order valence-electron chi connectivity index (χ1n) is 6.35. The molecule has 5 heteroatoms. The fourth-order valence-corrected chi connectivity index (χ4v) is 2.29. The fourth-order valence-electron chi connectivity index (χ4n) is 2.29. The average Bonchev–Trinajstić information content (AvgIpc) is 2.92. The van der Waals surface area contributed by atoms with Crippen molar-refractivity contribution >= 4 is 0 Å². The number of aromatic nitrogens is 2. The van der Waals surface area contributed by atoms with Gasteiger partial charge in [-0.15, -0.1) is 0 Å². The van der Waals surface area contributed by atoms with Crippen LogP contribution in [0.2, 0.25) is 0 Å². The van der Waals surface area contributed by atoms with Crippen LogP contribution in [0.1, 0.15) is 25.5 Å². The number of hydrogen-bond acceptors (Lipinski definition) is 2. The van der Waals surface area contributed by atoms with Gasteiger partial charge in [0.2, 0.25) is 0 Å². The van der Waals surface area contributed by atoms with Crippen LogP contribution in [0.5, 0.6) is 0 Å². The molecule has 0 aliphatic carbocycles. The minimum absolute atomic E-state index is 0.0980. The molecule has 100 valence electrons. The maximum Gasteiger partial charge on any atom is 0.150 e. The highest BCUT2D eigenvalue weighted by atomic mass is 19.1. The molecule has 1 unspecified atom stereocenters. The summed E-state index contributed by atoms with van der Waals surface area (Å²) in [5, 5.41) is 4.19. The van der Waals surface area contributed by atoms with Crippen LogP contribution in [0.4, 0.5) is 8.78 Å². The highest BCUT2D eigenvalue weighted by molar-refractivity contribution is 5.62. The van der Waals surface area contributed by atoms with Gasteiger partial charge in [-0.25, -0.2) is 13.5 Å². The van der Waals surface area contributed by atoms with Gasteiger partial charge in [-0.2, -0.15) is 5.10 Å².